The fourth-order valence-corrected chi connectivity index (χ4v) is 2.97. The summed E-state index contributed by atoms with van der Waals surface area (Å²) in [5.41, 5.74) is 3.33. The van der Waals surface area contributed by atoms with E-state index in [1.807, 2.05) is 31.2 Å². The van der Waals surface area contributed by atoms with Gasteiger partial charge in [0, 0.05) is 22.5 Å². The van der Waals surface area contributed by atoms with Crippen molar-refractivity contribution in [2.75, 3.05) is 12.4 Å². The first-order valence-electron chi connectivity index (χ1n) is 7.22. The number of hydrogen-bond acceptors (Lipinski definition) is 5. The van der Waals surface area contributed by atoms with E-state index in [0.29, 0.717) is 0 Å². The lowest BCUT2D eigenvalue weighted by Crippen LogP contribution is -2.11. The second kappa shape index (κ2) is 6.10. The largest absolute Gasteiger partial charge is 0.497 e. The maximum Gasteiger partial charge on any atom is 0.238 e. The first-order chi connectivity index (χ1) is 11.4. The van der Waals surface area contributed by atoms with Gasteiger partial charge in [-0.3, -0.25) is 4.98 Å². The molecule has 1 heterocycles. The molecule has 24 heavy (non-hydrogen) atoms. The molecule has 0 atom stereocenters. The van der Waals surface area contributed by atoms with E-state index in [9.17, 15) is 8.42 Å². The smallest absolute Gasteiger partial charge is 0.238 e. The molecule has 0 fully saturated rings. The van der Waals surface area contributed by atoms with Gasteiger partial charge in [0.2, 0.25) is 10.0 Å². The molecule has 0 radical (unpaired) electrons. The summed E-state index contributed by atoms with van der Waals surface area (Å²) < 4.78 is 27.9. The molecule has 0 amide bonds. The Balaban J connectivity index is 2.03. The molecule has 0 aliphatic carbocycles. The quantitative estimate of drug-likeness (QED) is 0.759. The first-order valence-corrected chi connectivity index (χ1v) is 8.77. The Kier molecular flexibility index (Phi) is 4.13. The van der Waals surface area contributed by atoms with Crippen LogP contribution in [0.25, 0.3) is 10.9 Å². The van der Waals surface area contributed by atoms with Crippen LogP contribution in [0.1, 0.15) is 5.69 Å². The van der Waals surface area contributed by atoms with Gasteiger partial charge in [0.1, 0.15) is 5.75 Å². The highest BCUT2D eigenvalue weighted by Crippen LogP contribution is 2.29. The van der Waals surface area contributed by atoms with Gasteiger partial charge in [0.05, 0.1) is 17.5 Å². The van der Waals surface area contributed by atoms with Gasteiger partial charge in [-0.05, 0) is 55.5 Å². The van der Waals surface area contributed by atoms with Crippen LogP contribution in [-0.4, -0.2) is 20.5 Å². The lowest BCUT2D eigenvalue weighted by molar-refractivity contribution is 0.415. The lowest BCUT2D eigenvalue weighted by atomic mass is 10.1. The first kappa shape index (κ1) is 16.2. The minimum atomic E-state index is -3.70. The molecule has 0 aliphatic heterocycles. The van der Waals surface area contributed by atoms with Crippen molar-refractivity contribution in [1.82, 2.24) is 4.98 Å². The Morgan fingerprint density at radius 1 is 1.08 bits per heavy atom. The van der Waals surface area contributed by atoms with Crippen molar-refractivity contribution < 1.29 is 13.2 Å². The summed E-state index contributed by atoms with van der Waals surface area (Å²) >= 11 is 0. The number of hydrogen-bond donors (Lipinski definition) is 2. The molecule has 0 aliphatic rings. The molecule has 0 bridgehead atoms. The highest BCUT2D eigenvalue weighted by molar-refractivity contribution is 7.89. The highest BCUT2D eigenvalue weighted by Gasteiger charge is 2.09. The number of ether oxygens (including phenoxy) is 1. The molecule has 3 rings (SSSR count). The van der Waals surface area contributed by atoms with Crippen molar-refractivity contribution in [3.05, 3.63) is 54.2 Å². The van der Waals surface area contributed by atoms with Gasteiger partial charge in [-0.1, -0.05) is 0 Å². The van der Waals surface area contributed by atoms with Gasteiger partial charge in [-0.2, -0.15) is 0 Å². The monoisotopic (exact) mass is 343 g/mol. The summed E-state index contributed by atoms with van der Waals surface area (Å²) in [5.74, 6) is 0.737. The Morgan fingerprint density at radius 3 is 2.42 bits per heavy atom. The van der Waals surface area contributed by atoms with Crippen LogP contribution in [0.3, 0.4) is 0 Å². The highest BCUT2D eigenvalue weighted by atomic mass is 32.2. The molecule has 2 aromatic carbocycles. The Hall–Kier alpha value is -2.64. The second-order valence-corrected chi connectivity index (χ2v) is 6.95. The molecule has 6 nitrogen and oxygen atoms in total. The van der Waals surface area contributed by atoms with Crippen LogP contribution in [0.5, 0.6) is 5.75 Å². The van der Waals surface area contributed by atoms with E-state index in [2.05, 4.69) is 10.3 Å². The predicted octanol–water partition coefficient (Wildman–Crippen LogP) is 2.94. The van der Waals surface area contributed by atoms with Crippen LogP contribution >= 0.6 is 0 Å². The van der Waals surface area contributed by atoms with Crippen molar-refractivity contribution in [1.29, 1.82) is 0 Å². The van der Waals surface area contributed by atoms with Crippen LogP contribution in [-0.2, 0) is 10.0 Å². The van der Waals surface area contributed by atoms with E-state index >= 15 is 0 Å². The summed E-state index contributed by atoms with van der Waals surface area (Å²) in [4.78, 5) is 4.58. The van der Waals surface area contributed by atoms with Crippen molar-refractivity contribution in [2.24, 2.45) is 5.14 Å². The number of sulfonamides is 1. The zero-order chi connectivity index (χ0) is 17.3. The Labute approximate surface area is 140 Å². The molecule has 0 unspecified atom stereocenters. The number of benzene rings is 2. The molecule has 0 saturated heterocycles. The number of aryl methyl sites for hydroxylation is 1. The number of nitrogens with one attached hydrogen (secondary N) is 1. The second-order valence-electron chi connectivity index (χ2n) is 5.39. The van der Waals surface area contributed by atoms with Crippen LogP contribution in [0.2, 0.25) is 0 Å². The average Bonchev–Trinajstić information content (AvgIpc) is 2.54. The number of pyridine rings is 1. The topological polar surface area (TPSA) is 94.3 Å². The van der Waals surface area contributed by atoms with E-state index in [-0.39, 0.29) is 4.90 Å². The maximum absolute atomic E-state index is 11.3. The number of anilines is 2. The molecule has 124 valence electrons. The molecular weight excluding hydrogens is 326 g/mol. The van der Waals surface area contributed by atoms with Crippen LogP contribution in [0.15, 0.2) is 53.4 Å². The van der Waals surface area contributed by atoms with Crippen molar-refractivity contribution in [2.45, 2.75) is 11.8 Å². The molecular formula is C17H17N3O3S. The summed E-state index contributed by atoms with van der Waals surface area (Å²) in [5, 5.41) is 9.31. The van der Waals surface area contributed by atoms with Gasteiger partial charge >= 0.3 is 0 Å². The minimum Gasteiger partial charge on any atom is -0.497 e. The number of nitrogens with zero attached hydrogens (tertiary/aromatic N) is 1. The van der Waals surface area contributed by atoms with Gasteiger partial charge < -0.3 is 10.1 Å². The summed E-state index contributed by atoms with van der Waals surface area (Å²) in [6, 6.07) is 13.9. The van der Waals surface area contributed by atoms with Crippen molar-refractivity contribution in [3.63, 3.8) is 0 Å². The van der Waals surface area contributed by atoms with Crippen molar-refractivity contribution >= 4 is 32.3 Å². The average molecular weight is 343 g/mol. The Bertz CT molecular complexity index is 1000. The number of nitrogens with two attached hydrogens (primary N) is 1. The zero-order valence-corrected chi connectivity index (χ0v) is 14.1. The third-order valence-corrected chi connectivity index (χ3v) is 4.54. The van der Waals surface area contributed by atoms with Crippen LogP contribution in [0, 0.1) is 6.92 Å². The van der Waals surface area contributed by atoms with E-state index in [0.717, 1.165) is 33.7 Å². The molecule has 0 spiro atoms. The maximum atomic E-state index is 11.3. The lowest BCUT2D eigenvalue weighted by Gasteiger charge is -2.12. The van der Waals surface area contributed by atoms with E-state index in [4.69, 9.17) is 9.88 Å². The summed E-state index contributed by atoms with van der Waals surface area (Å²) in [6.07, 6.45) is 0. The normalized spacial score (nSPS) is 11.5. The van der Waals surface area contributed by atoms with E-state index < -0.39 is 10.0 Å². The molecule has 0 saturated carbocycles. The molecule has 3 aromatic rings. The van der Waals surface area contributed by atoms with E-state index in [1.54, 1.807) is 19.2 Å². The fourth-order valence-electron chi connectivity index (χ4n) is 2.45. The van der Waals surface area contributed by atoms with E-state index in [1.165, 1.54) is 12.1 Å². The van der Waals surface area contributed by atoms with Gasteiger partial charge in [0.15, 0.2) is 0 Å². The third-order valence-electron chi connectivity index (χ3n) is 3.61. The van der Waals surface area contributed by atoms with Gasteiger partial charge in [-0.15, -0.1) is 0 Å². The number of methoxy groups -OCH3 is 1. The number of rotatable bonds is 4. The van der Waals surface area contributed by atoms with Gasteiger partial charge in [0.25, 0.3) is 0 Å². The molecule has 1 aromatic heterocycles. The standard InChI is InChI=1S/C17H17N3O3S/c1-11-9-17(15-10-13(23-2)5-8-16(15)19-11)20-12-3-6-14(7-4-12)24(18,21)22/h3-10H,1-2H3,(H,19,20)(H2,18,21,22). The summed E-state index contributed by atoms with van der Waals surface area (Å²) in [6.45, 7) is 1.92. The number of aromatic nitrogens is 1. The van der Waals surface area contributed by atoms with Crippen LogP contribution < -0.4 is 15.2 Å². The minimum absolute atomic E-state index is 0.0745. The Morgan fingerprint density at radius 2 is 1.79 bits per heavy atom. The number of primary sulfonamides is 1. The molecule has 7 heteroatoms. The number of fused-ring (bicyclic) bond motifs is 1. The third kappa shape index (κ3) is 3.32. The molecule has 3 N–H and O–H groups in total. The van der Waals surface area contributed by atoms with Crippen LogP contribution in [0.4, 0.5) is 11.4 Å². The predicted molar refractivity (Wildman–Crippen MR) is 94.1 cm³/mol. The van der Waals surface area contributed by atoms with Crippen molar-refractivity contribution in [3.8, 4) is 5.75 Å². The zero-order valence-electron chi connectivity index (χ0n) is 13.3. The fraction of sp³-hybridized carbons (Fsp3) is 0.118. The summed E-state index contributed by atoms with van der Waals surface area (Å²) in [7, 11) is -2.08. The van der Waals surface area contributed by atoms with Gasteiger partial charge in [-0.25, -0.2) is 13.6 Å². The SMILES string of the molecule is COc1ccc2nc(C)cc(Nc3ccc(S(N)(=O)=O)cc3)c2c1.